The summed E-state index contributed by atoms with van der Waals surface area (Å²) in [5, 5.41) is 19.8. The number of aromatic hydroxyl groups is 1. The molecule has 0 atom stereocenters. The summed E-state index contributed by atoms with van der Waals surface area (Å²) < 4.78 is 0. The molecule has 0 radical (unpaired) electrons. The van der Waals surface area contributed by atoms with E-state index in [1.807, 2.05) is 6.07 Å². The second-order valence-corrected chi connectivity index (χ2v) is 5.87. The fourth-order valence-electron chi connectivity index (χ4n) is 2.74. The highest BCUT2D eigenvalue weighted by molar-refractivity contribution is 5.40. The van der Waals surface area contributed by atoms with Gasteiger partial charge in [0, 0.05) is 30.4 Å². The van der Waals surface area contributed by atoms with Crippen molar-refractivity contribution in [3.05, 3.63) is 58.9 Å². The Morgan fingerprint density at radius 3 is 2.52 bits per heavy atom. The summed E-state index contributed by atoms with van der Waals surface area (Å²) in [5.74, 6) is 0.206. The standard InChI is InChI=1S/C19H26N2O2/c1-3-10-21(11-9-16-7-5-4-6-8-16)13-18-17(14-22)12-20-15(2)19(18)23/h4-8,12,22-23H,3,9-11,13-14H2,1-2H3. The molecule has 0 aliphatic rings. The van der Waals surface area contributed by atoms with Crippen molar-refractivity contribution >= 4 is 0 Å². The number of aromatic nitrogens is 1. The highest BCUT2D eigenvalue weighted by Gasteiger charge is 2.15. The van der Waals surface area contributed by atoms with Crippen LogP contribution in [0.5, 0.6) is 5.75 Å². The summed E-state index contributed by atoms with van der Waals surface area (Å²) in [5.41, 5.74) is 3.42. The first-order valence-corrected chi connectivity index (χ1v) is 8.19. The van der Waals surface area contributed by atoms with Gasteiger partial charge in [-0.05, 0) is 31.9 Å². The quantitative estimate of drug-likeness (QED) is 0.786. The van der Waals surface area contributed by atoms with E-state index in [2.05, 4.69) is 41.1 Å². The van der Waals surface area contributed by atoms with Gasteiger partial charge in [-0.3, -0.25) is 9.88 Å². The fraction of sp³-hybridized carbons (Fsp3) is 0.421. The normalized spacial score (nSPS) is 11.1. The van der Waals surface area contributed by atoms with E-state index in [9.17, 15) is 10.2 Å². The van der Waals surface area contributed by atoms with Gasteiger partial charge in [-0.15, -0.1) is 0 Å². The third kappa shape index (κ3) is 4.78. The molecule has 0 bridgehead atoms. The molecule has 0 saturated carbocycles. The fourth-order valence-corrected chi connectivity index (χ4v) is 2.74. The summed E-state index contributed by atoms with van der Waals surface area (Å²) in [6.07, 6.45) is 3.68. The molecule has 4 nitrogen and oxygen atoms in total. The molecule has 2 N–H and O–H groups in total. The Labute approximate surface area is 138 Å². The van der Waals surface area contributed by atoms with Gasteiger partial charge in [-0.25, -0.2) is 0 Å². The van der Waals surface area contributed by atoms with Crippen LogP contribution in [0.15, 0.2) is 36.5 Å². The molecule has 4 heteroatoms. The van der Waals surface area contributed by atoms with Crippen LogP contribution in [-0.2, 0) is 19.6 Å². The number of aliphatic hydroxyl groups excluding tert-OH is 1. The molecule has 0 aliphatic heterocycles. The summed E-state index contributed by atoms with van der Waals surface area (Å²) in [6.45, 7) is 6.34. The molecule has 1 aromatic heterocycles. The van der Waals surface area contributed by atoms with Gasteiger partial charge in [0.15, 0.2) is 0 Å². The lowest BCUT2D eigenvalue weighted by atomic mass is 10.1. The Kier molecular flexibility index (Phi) is 6.56. The molecule has 0 unspecified atom stereocenters. The van der Waals surface area contributed by atoms with Crippen LogP contribution in [0.1, 0.15) is 35.7 Å². The Morgan fingerprint density at radius 2 is 1.87 bits per heavy atom. The lowest BCUT2D eigenvalue weighted by molar-refractivity contribution is 0.252. The Bertz CT molecular complexity index is 614. The maximum Gasteiger partial charge on any atom is 0.141 e. The molecule has 1 aromatic carbocycles. The minimum atomic E-state index is -0.102. The van der Waals surface area contributed by atoms with Crippen molar-refractivity contribution in [1.29, 1.82) is 0 Å². The monoisotopic (exact) mass is 314 g/mol. The first-order valence-electron chi connectivity index (χ1n) is 8.19. The van der Waals surface area contributed by atoms with Crippen molar-refractivity contribution in [3.8, 4) is 5.75 Å². The van der Waals surface area contributed by atoms with E-state index in [1.165, 1.54) is 5.56 Å². The second kappa shape index (κ2) is 8.65. The molecule has 0 saturated heterocycles. The summed E-state index contributed by atoms with van der Waals surface area (Å²) in [6, 6.07) is 10.4. The predicted octanol–water partition coefficient (Wildman–Crippen LogP) is 3.04. The highest BCUT2D eigenvalue weighted by atomic mass is 16.3. The number of hydrogen-bond donors (Lipinski definition) is 2. The second-order valence-electron chi connectivity index (χ2n) is 5.87. The minimum absolute atomic E-state index is 0.102. The molecule has 0 spiro atoms. The van der Waals surface area contributed by atoms with Crippen molar-refractivity contribution in [1.82, 2.24) is 9.88 Å². The number of hydrogen-bond acceptors (Lipinski definition) is 4. The van der Waals surface area contributed by atoms with Gasteiger partial charge in [0.05, 0.1) is 12.3 Å². The largest absolute Gasteiger partial charge is 0.506 e. The van der Waals surface area contributed by atoms with Crippen molar-refractivity contribution in [3.63, 3.8) is 0 Å². The molecule has 1 heterocycles. The van der Waals surface area contributed by atoms with Gasteiger partial charge in [0.25, 0.3) is 0 Å². The lowest BCUT2D eigenvalue weighted by Crippen LogP contribution is -2.27. The number of aryl methyl sites for hydroxylation is 1. The molecule has 23 heavy (non-hydrogen) atoms. The number of pyridine rings is 1. The first-order chi connectivity index (χ1) is 11.2. The summed E-state index contributed by atoms with van der Waals surface area (Å²) in [4.78, 5) is 6.45. The van der Waals surface area contributed by atoms with Gasteiger partial charge in [0.2, 0.25) is 0 Å². The number of nitrogens with zero attached hydrogens (tertiary/aromatic N) is 2. The molecular weight excluding hydrogens is 288 g/mol. The zero-order valence-corrected chi connectivity index (χ0v) is 14.0. The van der Waals surface area contributed by atoms with Crippen LogP contribution in [-0.4, -0.2) is 33.2 Å². The Hall–Kier alpha value is -1.91. The smallest absolute Gasteiger partial charge is 0.141 e. The van der Waals surface area contributed by atoms with Gasteiger partial charge < -0.3 is 10.2 Å². The third-order valence-corrected chi connectivity index (χ3v) is 4.08. The number of aliphatic hydroxyl groups is 1. The van der Waals surface area contributed by atoms with Crippen LogP contribution in [0.3, 0.4) is 0 Å². The average Bonchev–Trinajstić information content (AvgIpc) is 2.58. The molecule has 2 rings (SSSR count). The SMILES string of the molecule is CCCN(CCc1ccccc1)Cc1c(CO)cnc(C)c1O. The van der Waals surface area contributed by atoms with Crippen LogP contribution >= 0.6 is 0 Å². The van der Waals surface area contributed by atoms with E-state index in [-0.39, 0.29) is 12.4 Å². The maximum atomic E-state index is 10.3. The van der Waals surface area contributed by atoms with Crippen LogP contribution in [0.4, 0.5) is 0 Å². The summed E-state index contributed by atoms with van der Waals surface area (Å²) >= 11 is 0. The Balaban J connectivity index is 2.11. The third-order valence-electron chi connectivity index (χ3n) is 4.08. The average molecular weight is 314 g/mol. The van der Waals surface area contributed by atoms with E-state index in [0.717, 1.165) is 31.5 Å². The van der Waals surface area contributed by atoms with Gasteiger partial charge in [-0.1, -0.05) is 37.3 Å². The van der Waals surface area contributed by atoms with E-state index >= 15 is 0 Å². The zero-order valence-electron chi connectivity index (χ0n) is 14.0. The maximum absolute atomic E-state index is 10.3. The van der Waals surface area contributed by atoms with Gasteiger partial charge in [0.1, 0.15) is 5.75 Å². The number of rotatable bonds is 8. The van der Waals surface area contributed by atoms with Crippen molar-refractivity contribution < 1.29 is 10.2 Å². The van der Waals surface area contributed by atoms with E-state index in [0.29, 0.717) is 17.8 Å². The van der Waals surface area contributed by atoms with Crippen molar-refractivity contribution in [2.45, 2.75) is 39.8 Å². The van der Waals surface area contributed by atoms with E-state index in [1.54, 1.807) is 13.1 Å². The van der Waals surface area contributed by atoms with Crippen LogP contribution in [0.2, 0.25) is 0 Å². The molecule has 124 valence electrons. The van der Waals surface area contributed by atoms with Gasteiger partial charge >= 0.3 is 0 Å². The first kappa shape index (κ1) is 17.4. The van der Waals surface area contributed by atoms with E-state index in [4.69, 9.17) is 0 Å². The molecule has 2 aromatic rings. The van der Waals surface area contributed by atoms with Crippen LogP contribution < -0.4 is 0 Å². The molecule has 0 aliphatic carbocycles. The lowest BCUT2D eigenvalue weighted by Gasteiger charge is -2.24. The van der Waals surface area contributed by atoms with E-state index < -0.39 is 0 Å². The van der Waals surface area contributed by atoms with Gasteiger partial charge in [-0.2, -0.15) is 0 Å². The Morgan fingerprint density at radius 1 is 1.13 bits per heavy atom. The van der Waals surface area contributed by atoms with Crippen LogP contribution in [0.25, 0.3) is 0 Å². The van der Waals surface area contributed by atoms with Crippen molar-refractivity contribution in [2.24, 2.45) is 0 Å². The summed E-state index contributed by atoms with van der Waals surface area (Å²) in [7, 11) is 0. The molecular formula is C19H26N2O2. The molecule has 0 amide bonds. The zero-order chi connectivity index (χ0) is 16.7. The minimum Gasteiger partial charge on any atom is -0.506 e. The van der Waals surface area contributed by atoms with Crippen molar-refractivity contribution in [2.75, 3.05) is 13.1 Å². The highest BCUT2D eigenvalue weighted by Crippen LogP contribution is 2.25. The van der Waals surface area contributed by atoms with Crippen LogP contribution in [0, 0.1) is 6.92 Å². The number of benzene rings is 1. The predicted molar refractivity (Wildman–Crippen MR) is 92.3 cm³/mol. The topological polar surface area (TPSA) is 56.6 Å². The molecule has 0 fully saturated rings.